The van der Waals surface area contributed by atoms with Crippen molar-refractivity contribution >= 4 is 0 Å². The fraction of sp³-hybridized carbons (Fsp3) is 1.00. The molecule has 0 aromatic carbocycles. The lowest BCUT2D eigenvalue weighted by atomic mass is 10.0. The third-order valence-corrected chi connectivity index (χ3v) is 3.05. The highest BCUT2D eigenvalue weighted by Gasteiger charge is 2.29. The molecule has 1 aliphatic rings. The van der Waals surface area contributed by atoms with Crippen LogP contribution in [0.15, 0.2) is 0 Å². The average molecular weight is 185 g/mol. The quantitative estimate of drug-likeness (QED) is 0.710. The van der Waals surface area contributed by atoms with Gasteiger partial charge in [0.2, 0.25) is 0 Å². The van der Waals surface area contributed by atoms with Crippen LogP contribution in [0.4, 0.5) is 0 Å². The molecule has 1 fully saturated rings. The van der Waals surface area contributed by atoms with Crippen LogP contribution < -0.4 is 5.32 Å². The Morgan fingerprint density at radius 3 is 2.54 bits per heavy atom. The van der Waals surface area contributed by atoms with Gasteiger partial charge in [0.25, 0.3) is 0 Å². The lowest BCUT2D eigenvalue weighted by Crippen LogP contribution is -2.41. The van der Waals surface area contributed by atoms with E-state index in [4.69, 9.17) is 4.74 Å². The second kappa shape index (κ2) is 4.97. The molecule has 78 valence electrons. The lowest BCUT2D eigenvalue weighted by Gasteiger charge is -2.26. The summed E-state index contributed by atoms with van der Waals surface area (Å²) in [6, 6.07) is 0.668. The van der Waals surface area contributed by atoms with Gasteiger partial charge in [0, 0.05) is 19.2 Å². The molecular formula is C11H23NO. The van der Waals surface area contributed by atoms with Crippen molar-refractivity contribution in [2.75, 3.05) is 13.2 Å². The van der Waals surface area contributed by atoms with Crippen molar-refractivity contribution in [1.82, 2.24) is 5.32 Å². The Bertz CT molecular complexity index is 137. The summed E-state index contributed by atoms with van der Waals surface area (Å²) in [4.78, 5) is 0. The second-order valence-corrected chi connectivity index (χ2v) is 4.30. The molecule has 1 heterocycles. The van der Waals surface area contributed by atoms with Gasteiger partial charge < -0.3 is 10.1 Å². The molecule has 0 aromatic rings. The molecule has 1 saturated heterocycles. The number of rotatable bonds is 5. The second-order valence-electron chi connectivity index (χ2n) is 4.30. The van der Waals surface area contributed by atoms with E-state index in [9.17, 15) is 0 Å². The summed E-state index contributed by atoms with van der Waals surface area (Å²) in [6.07, 6.45) is 4.86. The first-order valence-electron chi connectivity index (χ1n) is 5.57. The van der Waals surface area contributed by atoms with Crippen LogP contribution in [0.5, 0.6) is 0 Å². The first-order valence-corrected chi connectivity index (χ1v) is 5.57. The molecule has 2 nitrogen and oxygen atoms in total. The minimum absolute atomic E-state index is 0.114. The highest BCUT2D eigenvalue weighted by molar-refractivity contribution is 4.83. The van der Waals surface area contributed by atoms with Gasteiger partial charge in [0.15, 0.2) is 0 Å². The molecule has 1 rings (SSSR count). The fourth-order valence-electron chi connectivity index (χ4n) is 1.91. The minimum atomic E-state index is 0.114. The van der Waals surface area contributed by atoms with Crippen LogP contribution in [0, 0.1) is 0 Å². The van der Waals surface area contributed by atoms with Gasteiger partial charge in [0.1, 0.15) is 0 Å². The van der Waals surface area contributed by atoms with Gasteiger partial charge in [0.05, 0.1) is 5.60 Å². The largest absolute Gasteiger partial charge is 0.374 e. The SMILES string of the molecule is CCC(CC)NCC1(C)CCCO1. The molecule has 0 amide bonds. The third-order valence-electron chi connectivity index (χ3n) is 3.05. The van der Waals surface area contributed by atoms with Crippen LogP contribution in [0.3, 0.4) is 0 Å². The van der Waals surface area contributed by atoms with Crippen molar-refractivity contribution in [3.05, 3.63) is 0 Å². The van der Waals surface area contributed by atoms with E-state index in [1.54, 1.807) is 0 Å². The summed E-state index contributed by atoms with van der Waals surface area (Å²) in [7, 11) is 0. The van der Waals surface area contributed by atoms with Gasteiger partial charge in [-0.1, -0.05) is 13.8 Å². The summed E-state index contributed by atoms with van der Waals surface area (Å²) >= 11 is 0. The monoisotopic (exact) mass is 185 g/mol. The van der Waals surface area contributed by atoms with Gasteiger partial charge in [-0.3, -0.25) is 0 Å². The highest BCUT2D eigenvalue weighted by Crippen LogP contribution is 2.24. The molecule has 0 saturated carbocycles. The Kier molecular flexibility index (Phi) is 4.20. The molecule has 1 atom stereocenters. The normalized spacial score (nSPS) is 28.6. The maximum Gasteiger partial charge on any atom is 0.0779 e. The van der Waals surface area contributed by atoms with Crippen molar-refractivity contribution in [2.45, 2.75) is 58.1 Å². The van der Waals surface area contributed by atoms with Gasteiger partial charge in [-0.2, -0.15) is 0 Å². The fourth-order valence-corrected chi connectivity index (χ4v) is 1.91. The van der Waals surface area contributed by atoms with Crippen LogP contribution in [0.2, 0.25) is 0 Å². The Morgan fingerprint density at radius 1 is 1.38 bits per heavy atom. The van der Waals surface area contributed by atoms with E-state index in [1.807, 2.05) is 0 Å². The number of ether oxygens (including phenoxy) is 1. The van der Waals surface area contributed by atoms with Crippen LogP contribution in [-0.2, 0) is 4.74 Å². The summed E-state index contributed by atoms with van der Waals surface area (Å²) < 4.78 is 5.72. The maximum atomic E-state index is 5.72. The predicted octanol–water partition coefficient (Wildman–Crippen LogP) is 2.33. The highest BCUT2D eigenvalue weighted by atomic mass is 16.5. The van der Waals surface area contributed by atoms with Gasteiger partial charge in [-0.25, -0.2) is 0 Å². The van der Waals surface area contributed by atoms with Crippen LogP contribution in [0.25, 0.3) is 0 Å². The summed E-state index contributed by atoms with van der Waals surface area (Å²) in [6.45, 7) is 8.65. The predicted molar refractivity (Wildman–Crippen MR) is 56.0 cm³/mol. The van der Waals surface area contributed by atoms with E-state index >= 15 is 0 Å². The number of hydrogen-bond acceptors (Lipinski definition) is 2. The van der Waals surface area contributed by atoms with Crippen LogP contribution in [0.1, 0.15) is 46.5 Å². The van der Waals surface area contributed by atoms with Crippen LogP contribution in [-0.4, -0.2) is 24.8 Å². The number of nitrogens with one attached hydrogen (secondary N) is 1. The summed E-state index contributed by atoms with van der Waals surface area (Å²) in [5, 5.41) is 3.58. The van der Waals surface area contributed by atoms with E-state index in [2.05, 4.69) is 26.1 Å². The molecule has 0 aromatic heterocycles. The molecular weight excluding hydrogens is 162 g/mol. The van der Waals surface area contributed by atoms with Crippen molar-refractivity contribution in [1.29, 1.82) is 0 Å². The van der Waals surface area contributed by atoms with E-state index in [1.165, 1.54) is 25.7 Å². The van der Waals surface area contributed by atoms with Crippen molar-refractivity contribution in [2.24, 2.45) is 0 Å². The zero-order valence-electron chi connectivity index (χ0n) is 9.23. The Labute approximate surface area is 82.0 Å². The summed E-state index contributed by atoms with van der Waals surface area (Å²) in [5.41, 5.74) is 0.114. The van der Waals surface area contributed by atoms with Crippen molar-refractivity contribution < 1.29 is 4.74 Å². The lowest BCUT2D eigenvalue weighted by molar-refractivity contribution is 0.0185. The smallest absolute Gasteiger partial charge is 0.0779 e. The molecule has 0 radical (unpaired) electrons. The molecule has 1 unspecified atom stereocenters. The van der Waals surface area contributed by atoms with Gasteiger partial charge >= 0.3 is 0 Å². The first kappa shape index (κ1) is 11.0. The van der Waals surface area contributed by atoms with E-state index in [-0.39, 0.29) is 5.60 Å². The Hall–Kier alpha value is -0.0800. The first-order chi connectivity index (χ1) is 6.20. The van der Waals surface area contributed by atoms with E-state index in [0.717, 1.165) is 13.2 Å². The third kappa shape index (κ3) is 3.28. The summed E-state index contributed by atoms with van der Waals surface area (Å²) in [5.74, 6) is 0. The minimum Gasteiger partial charge on any atom is -0.374 e. The zero-order chi connectivity index (χ0) is 9.73. The maximum absolute atomic E-state index is 5.72. The zero-order valence-corrected chi connectivity index (χ0v) is 9.23. The topological polar surface area (TPSA) is 21.3 Å². The molecule has 0 aliphatic carbocycles. The van der Waals surface area contributed by atoms with Gasteiger partial charge in [-0.15, -0.1) is 0 Å². The van der Waals surface area contributed by atoms with Crippen molar-refractivity contribution in [3.63, 3.8) is 0 Å². The van der Waals surface area contributed by atoms with Crippen LogP contribution >= 0.6 is 0 Å². The van der Waals surface area contributed by atoms with E-state index < -0.39 is 0 Å². The van der Waals surface area contributed by atoms with Crippen molar-refractivity contribution in [3.8, 4) is 0 Å². The average Bonchev–Trinajstić information content (AvgIpc) is 2.55. The van der Waals surface area contributed by atoms with E-state index in [0.29, 0.717) is 6.04 Å². The standard InChI is InChI=1S/C11H23NO/c1-4-10(5-2)12-9-11(3)7-6-8-13-11/h10,12H,4-9H2,1-3H3. The molecule has 1 N–H and O–H groups in total. The molecule has 1 aliphatic heterocycles. The van der Waals surface area contributed by atoms with Gasteiger partial charge in [-0.05, 0) is 32.6 Å². The Balaban J connectivity index is 2.23. The molecule has 0 spiro atoms. The molecule has 2 heteroatoms. The Morgan fingerprint density at radius 2 is 2.08 bits per heavy atom. The number of hydrogen-bond donors (Lipinski definition) is 1. The molecule has 13 heavy (non-hydrogen) atoms. The molecule has 0 bridgehead atoms.